The Morgan fingerprint density at radius 1 is 0.181 bits per heavy atom. The molecule has 0 radical (unpaired) electrons. The van der Waals surface area contributed by atoms with Crippen LogP contribution in [-0.4, -0.2) is 20.4 Å². The van der Waals surface area contributed by atoms with E-state index in [9.17, 15) is 0 Å². The molecule has 0 aliphatic carbocycles. The van der Waals surface area contributed by atoms with Gasteiger partial charge < -0.3 is 13.7 Å². The summed E-state index contributed by atoms with van der Waals surface area (Å²) in [6.45, 7) is -0.288. The highest BCUT2D eigenvalue weighted by Crippen LogP contribution is 2.45. The summed E-state index contributed by atoms with van der Waals surface area (Å²) in [6.07, 6.45) is 0. The molecule has 0 saturated carbocycles. The molecule has 5 heterocycles. The van der Waals surface area contributed by atoms with Gasteiger partial charge >= 0.3 is 0 Å². The SMILES string of the molecule is c1ccc(-c2ccc3c(c2)c2ccccc2c2ccccc2c2cc(-c4ccccc4)cc4c2n3-c2cc(-n3c5ccccc5c5ccccc53)cc3c2B4c2cc(-c4ccccc4)cc4c5ccccc5c5ccccc5c5cc(-c6ccccc6)ccc5n-3c24)cc1. The van der Waals surface area contributed by atoms with Crippen molar-refractivity contribution >= 4 is 132 Å². The van der Waals surface area contributed by atoms with E-state index in [2.05, 4.69) is 353 Å². The van der Waals surface area contributed by atoms with Crippen molar-refractivity contribution in [1.82, 2.24) is 13.7 Å². The van der Waals surface area contributed by atoms with Gasteiger partial charge in [0.2, 0.25) is 0 Å². The third-order valence-corrected chi connectivity index (χ3v) is 20.4. The van der Waals surface area contributed by atoms with Crippen molar-refractivity contribution in [1.29, 1.82) is 0 Å². The number of aromatic nitrogens is 3. The normalized spacial score (nSPS) is 12.2. The number of fused-ring (bicyclic) bond motifs is 21. The summed E-state index contributed by atoms with van der Waals surface area (Å²) in [5.41, 5.74) is 23.3. The number of rotatable bonds is 5. The summed E-state index contributed by atoms with van der Waals surface area (Å²) in [5, 5.41) is 16.6. The molecule has 94 heavy (non-hydrogen) atoms. The van der Waals surface area contributed by atoms with Gasteiger partial charge in [0.25, 0.3) is 6.71 Å². The van der Waals surface area contributed by atoms with Crippen LogP contribution in [0.2, 0.25) is 0 Å². The molecule has 20 rings (SSSR count). The Bertz CT molecular complexity index is 6010. The van der Waals surface area contributed by atoms with Crippen molar-refractivity contribution in [2.24, 2.45) is 0 Å². The van der Waals surface area contributed by atoms with Crippen LogP contribution in [0.25, 0.3) is 170 Å². The van der Waals surface area contributed by atoms with E-state index in [1.165, 1.54) is 125 Å². The van der Waals surface area contributed by atoms with Gasteiger partial charge in [-0.3, -0.25) is 0 Å². The first-order valence-electron chi connectivity index (χ1n) is 32.7. The second-order valence-corrected chi connectivity index (χ2v) is 25.4. The van der Waals surface area contributed by atoms with E-state index in [0.29, 0.717) is 0 Å². The van der Waals surface area contributed by atoms with Crippen LogP contribution in [0.15, 0.2) is 340 Å². The molecule has 0 bridgehead atoms. The minimum atomic E-state index is -0.288. The topological polar surface area (TPSA) is 14.8 Å². The average molecular weight is 1190 g/mol. The molecule has 0 unspecified atom stereocenters. The lowest BCUT2D eigenvalue weighted by Gasteiger charge is -2.37. The number of hydrogen-bond donors (Lipinski definition) is 0. The molecule has 2 aliphatic heterocycles. The Morgan fingerprint density at radius 2 is 0.457 bits per heavy atom. The first kappa shape index (κ1) is 52.5. The van der Waals surface area contributed by atoms with Crippen LogP contribution in [0.5, 0.6) is 0 Å². The lowest BCUT2D eigenvalue weighted by molar-refractivity contribution is 1.10. The molecule has 0 saturated heterocycles. The van der Waals surface area contributed by atoms with Gasteiger partial charge in [0, 0.05) is 54.7 Å². The predicted molar refractivity (Wildman–Crippen MR) is 401 cm³/mol. The maximum atomic E-state index is 2.71. The Balaban J connectivity index is 1.10. The molecule has 0 atom stereocenters. The van der Waals surface area contributed by atoms with Gasteiger partial charge in [-0.05, 0) is 165 Å². The second kappa shape index (κ2) is 20.6. The molecule has 3 nitrogen and oxygen atoms in total. The third kappa shape index (κ3) is 7.81. The Hall–Kier alpha value is -12.2. The van der Waals surface area contributed by atoms with Crippen molar-refractivity contribution < 1.29 is 0 Å². The number of hydrogen-bond acceptors (Lipinski definition) is 0. The molecule has 0 amide bonds. The van der Waals surface area contributed by atoms with Crippen LogP contribution in [0.1, 0.15) is 0 Å². The van der Waals surface area contributed by atoms with Gasteiger partial charge in [0.15, 0.2) is 0 Å². The van der Waals surface area contributed by atoms with Gasteiger partial charge in [-0.1, -0.05) is 279 Å². The summed E-state index contributed by atoms with van der Waals surface area (Å²) in [5.74, 6) is 0. The fourth-order valence-electron chi connectivity index (χ4n) is 16.4. The summed E-state index contributed by atoms with van der Waals surface area (Å²) in [6, 6.07) is 128. The van der Waals surface area contributed by atoms with Crippen LogP contribution >= 0.6 is 0 Å². The zero-order valence-electron chi connectivity index (χ0n) is 51.3. The van der Waals surface area contributed by atoms with E-state index in [1.807, 2.05) is 0 Å². The Labute approximate surface area is 543 Å². The monoisotopic (exact) mass is 1190 g/mol. The van der Waals surface area contributed by atoms with Crippen molar-refractivity contribution in [3.8, 4) is 61.6 Å². The second-order valence-electron chi connectivity index (χ2n) is 25.4. The summed E-state index contributed by atoms with van der Waals surface area (Å²) >= 11 is 0. The lowest BCUT2D eigenvalue weighted by atomic mass is 9.34. The van der Waals surface area contributed by atoms with E-state index in [1.54, 1.807) is 0 Å². The quantitative estimate of drug-likeness (QED) is 0.153. The smallest absolute Gasteiger partial charge is 0.252 e. The average Bonchev–Trinajstić information content (AvgIpc) is 0.994. The lowest BCUT2D eigenvalue weighted by Crippen LogP contribution is -2.60. The third-order valence-electron chi connectivity index (χ3n) is 20.4. The van der Waals surface area contributed by atoms with E-state index >= 15 is 0 Å². The predicted octanol–water partition coefficient (Wildman–Crippen LogP) is 21.7. The van der Waals surface area contributed by atoms with Gasteiger partial charge in [-0.2, -0.15) is 0 Å². The number of benzene rings is 15. The van der Waals surface area contributed by atoms with E-state index in [4.69, 9.17) is 0 Å². The summed E-state index contributed by atoms with van der Waals surface area (Å²) in [4.78, 5) is 0. The molecule has 0 spiro atoms. The molecule has 0 N–H and O–H groups in total. The van der Waals surface area contributed by atoms with Gasteiger partial charge in [0.1, 0.15) is 0 Å². The molecule has 3 aromatic heterocycles. The molecule has 434 valence electrons. The highest BCUT2D eigenvalue weighted by Gasteiger charge is 2.41. The van der Waals surface area contributed by atoms with Crippen molar-refractivity contribution in [2.75, 3.05) is 0 Å². The van der Waals surface area contributed by atoms with Crippen LogP contribution in [-0.2, 0) is 0 Å². The maximum Gasteiger partial charge on any atom is 0.252 e. The Morgan fingerprint density at radius 3 is 0.819 bits per heavy atom. The molecule has 18 aromatic rings. The van der Waals surface area contributed by atoms with Crippen molar-refractivity contribution in [2.45, 2.75) is 0 Å². The van der Waals surface area contributed by atoms with Gasteiger partial charge in [-0.25, -0.2) is 0 Å². The number of para-hydroxylation sites is 2. The van der Waals surface area contributed by atoms with E-state index < -0.39 is 0 Å². The van der Waals surface area contributed by atoms with Crippen molar-refractivity contribution in [3.63, 3.8) is 0 Å². The first-order chi connectivity index (χ1) is 46.7. The fourth-order valence-corrected chi connectivity index (χ4v) is 16.4. The van der Waals surface area contributed by atoms with Crippen LogP contribution in [0, 0.1) is 0 Å². The minimum Gasteiger partial charge on any atom is -0.310 e. The standard InChI is InChI=1S/C90H56BN3/c1-5-25-57(26-6-1)61-45-47-84-76(49-61)70-37-17-13-33-66(70)68-35-15-19-39-72(68)78-51-63(59-29-9-3-10-30-59)53-80-89(78)93(84)86-55-65(92-82-43-23-21-41-74(82)75-42-22-24-44-83(75)92)56-87-88(86)91(80)81-54-64(60-31-11-4-12-32-60)52-79-73-40-20-16-36-69(73)67-34-14-18-38-71(67)77-50-62(58-27-7-2-8-28-58)46-48-85(77)94(87)90(79)81/h1-56H. The maximum absolute atomic E-state index is 2.71. The minimum absolute atomic E-state index is 0.288. The summed E-state index contributed by atoms with van der Waals surface area (Å²) < 4.78 is 7.96. The first-order valence-corrected chi connectivity index (χ1v) is 32.7. The Kier molecular flexibility index (Phi) is 11.5. The number of nitrogens with zero attached hydrogens (tertiary/aromatic N) is 3. The summed E-state index contributed by atoms with van der Waals surface area (Å²) in [7, 11) is 0. The zero-order valence-corrected chi connectivity index (χ0v) is 51.3. The molecular formula is C90H56BN3. The van der Waals surface area contributed by atoms with Gasteiger partial charge in [0.05, 0.1) is 27.8 Å². The van der Waals surface area contributed by atoms with E-state index in [0.717, 1.165) is 61.0 Å². The van der Waals surface area contributed by atoms with Gasteiger partial charge in [-0.15, -0.1) is 0 Å². The fraction of sp³-hybridized carbons (Fsp3) is 0. The van der Waals surface area contributed by atoms with Crippen LogP contribution in [0.4, 0.5) is 0 Å². The highest BCUT2D eigenvalue weighted by atomic mass is 15.1. The van der Waals surface area contributed by atoms with E-state index in [-0.39, 0.29) is 6.71 Å². The molecule has 0 fully saturated rings. The molecular weight excluding hydrogens is 1130 g/mol. The van der Waals surface area contributed by atoms with Crippen LogP contribution < -0.4 is 16.4 Å². The highest BCUT2D eigenvalue weighted by molar-refractivity contribution is 7.00. The molecule has 4 heteroatoms. The van der Waals surface area contributed by atoms with Crippen molar-refractivity contribution in [3.05, 3.63) is 340 Å². The molecule has 15 aromatic carbocycles. The molecule has 2 aliphatic rings. The zero-order chi connectivity index (χ0) is 61.5. The largest absolute Gasteiger partial charge is 0.310 e. The van der Waals surface area contributed by atoms with Crippen LogP contribution in [0.3, 0.4) is 0 Å².